The van der Waals surface area contributed by atoms with Crippen molar-refractivity contribution < 1.29 is 37.7 Å². The molecular weight excluding hydrogens is 435 g/mol. The Morgan fingerprint density at radius 1 is 1.16 bits per heavy atom. The number of hydrogen-bond acceptors (Lipinski definition) is 6. The average molecular weight is 451 g/mol. The number of halogens is 3. The van der Waals surface area contributed by atoms with Gasteiger partial charge in [0.15, 0.2) is 5.65 Å². The van der Waals surface area contributed by atoms with Gasteiger partial charge < -0.3 is 20.3 Å². The average Bonchev–Trinajstić information content (AvgIpc) is 2.74. The highest BCUT2D eigenvalue weighted by Gasteiger charge is 2.30. The van der Waals surface area contributed by atoms with E-state index in [0.29, 0.717) is 0 Å². The molecule has 1 aromatic carbocycles. The third kappa shape index (κ3) is 4.48. The molecule has 32 heavy (non-hydrogen) atoms. The van der Waals surface area contributed by atoms with Crippen molar-refractivity contribution in [3.8, 4) is 11.6 Å². The highest BCUT2D eigenvalue weighted by molar-refractivity contribution is 6.02. The van der Waals surface area contributed by atoms with Crippen molar-refractivity contribution in [2.45, 2.75) is 12.7 Å². The molecule has 0 aliphatic rings. The molecule has 0 aliphatic carbocycles. The van der Waals surface area contributed by atoms with Gasteiger partial charge in [-0.2, -0.15) is 18.2 Å². The second kappa shape index (κ2) is 8.57. The van der Waals surface area contributed by atoms with Crippen LogP contribution in [0.2, 0.25) is 0 Å². The van der Waals surface area contributed by atoms with Crippen LogP contribution in [-0.4, -0.2) is 45.3 Å². The molecule has 3 rings (SSSR count). The first-order chi connectivity index (χ1) is 15.0. The molecule has 0 unspecified atom stereocenters. The van der Waals surface area contributed by atoms with Crippen LogP contribution in [0.15, 0.2) is 41.2 Å². The van der Waals surface area contributed by atoms with E-state index in [1.54, 1.807) is 0 Å². The van der Waals surface area contributed by atoms with Crippen LogP contribution in [0.1, 0.15) is 21.5 Å². The van der Waals surface area contributed by atoms with E-state index in [1.165, 1.54) is 19.2 Å². The number of nitrogens with one attached hydrogen (secondary N) is 1. The molecule has 1 amide bonds. The minimum atomic E-state index is -4.54. The van der Waals surface area contributed by atoms with E-state index in [9.17, 15) is 32.7 Å². The van der Waals surface area contributed by atoms with Crippen molar-refractivity contribution in [1.29, 1.82) is 0 Å². The number of aromatic nitrogens is 2. The summed E-state index contributed by atoms with van der Waals surface area (Å²) >= 11 is 0. The van der Waals surface area contributed by atoms with Gasteiger partial charge in [-0.3, -0.25) is 19.0 Å². The summed E-state index contributed by atoms with van der Waals surface area (Å²) in [4.78, 5) is 40.3. The Bertz CT molecular complexity index is 1250. The van der Waals surface area contributed by atoms with Gasteiger partial charge in [0.2, 0.25) is 5.88 Å². The smallest absolute Gasteiger partial charge is 0.416 e. The number of aliphatic carboxylic acids is 1. The van der Waals surface area contributed by atoms with Gasteiger partial charge in [-0.15, -0.1) is 0 Å². The number of hydrogen-bond donors (Lipinski definition) is 3. The van der Waals surface area contributed by atoms with E-state index in [1.807, 2.05) is 5.32 Å². The maximum Gasteiger partial charge on any atom is 0.416 e. The zero-order valence-corrected chi connectivity index (χ0v) is 16.4. The number of fused-ring (bicyclic) bond motifs is 1. The molecule has 0 aliphatic heterocycles. The number of alkyl halides is 3. The molecule has 0 saturated heterocycles. The fraction of sp³-hybridized carbons (Fsp3) is 0.200. The number of nitrogens with zero attached hydrogens (tertiary/aromatic N) is 2. The van der Waals surface area contributed by atoms with Gasteiger partial charge in [0.05, 0.1) is 24.6 Å². The lowest BCUT2D eigenvalue weighted by Crippen LogP contribution is -2.36. The SMILES string of the molecule is COc1ccc2c(O)c(C(=O)NCC(=O)O)c(=O)n(Cc3ccc(C(F)(F)F)cc3)c2n1. The van der Waals surface area contributed by atoms with Gasteiger partial charge in [0.25, 0.3) is 11.5 Å². The van der Waals surface area contributed by atoms with Crippen LogP contribution in [-0.2, 0) is 17.5 Å². The van der Waals surface area contributed by atoms with Gasteiger partial charge in [0.1, 0.15) is 17.9 Å². The van der Waals surface area contributed by atoms with E-state index >= 15 is 0 Å². The number of amides is 1. The predicted octanol–water partition coefficient (Wildman–Crippen LogP) is 1.99. The lowest BCUT2D eigenvalue weighted by atomic mass is 10.1. The van der Waals surface area contributed by atoms with Crippen LogP contribution in [0.25, 0.3) is 11.0 Å². The Morgan fingerprint density at radius 3 is 2.38 bits per heavy atom. The maximum atomic E-state index is 13.1. The third-order valence-corrected chi connectivity index (χ3v) is 4.51. The number of aromatic hydroxyl groups is 1. The lowest BCUT2D eigenvalue weighted by molar-refractivity contribution is -0.138. The standard InChI is InChI=1S/C20H16F3N3O6/c1-32-13-7-6-12-16(29)15(18(30)24-8-14(27)28)19(31)26(17(12)25-13)9-10-2-4-11(5-3-10)20(21,22)23/h2-7,29H,8-9H2,1H3,(H,24,30)(H,27,28). The monoisotopic (exact) mass is 451 g/mol. The number of rotatable bonds is 6. The number of methoxy groups -OCH3 is 1. The number of carboxylic acids is 1. The summed E-state index contributed by atoms with van der Waals surface area (Å²) in [5.41, 5.74) is -2.41. The highest BCUT2D eigenvalue weighted by atomic mass is 19.4. The Morgan fingerprint density at radius 2 is 1.81 bits per heavy atom. The molecule has 3 aromatic rings. The van der Waals surface area contributed by atoms with Crippen LogP contribution >= 0.6 is 0 Å². The second-order valence-electron chi connectivity index (χ2n) is 6.61. The van der Waals surface area contributed by atoms with Crippen molar-refractivity contribution in [2.75, 3.05) is 13.7 Å². The number of pyridine rings is 2. The van der Waals surface area contributed by atoms with Gasteiger partial charge in [-0.25, -0.2) is 0 Å². The quantitative estimate of drug-likeness (QED) is 0.522. The summed E-state index contributed by atoms with van der Waals surface area (Å²) < 4.78 is 44.5. The lowest BCUT2D eigenvalue weighted by Gasteiger charge is -2.15. The number of ether oxygens (including phenoxy) is 1. The van der Waals surface area contributed by atoms with E-state index < -0.39 is 47.0 Å². The highest BCUT2D eigenvalue weighted by Crippen LogP contribution is 2.30. The van der Waals surface area contributed by atoms with Crippen LogP contribution in [0.3, 0.4) is 0 Å². The summed E-state index contributed by atoms with van der Waals surface area (Å²) in [6.07, 6.45) is -4.54. The first-order valence-electron chi connectivity index (χ1n) is 8.99. The van der Waals surface area contributed by atoms with Crippen molar-refractivity contribution >= 4 is 22.9 Å². The number of carboxylic acid groups (broad SMARTS) is 1. The topological polar surface area (TPSA) is 131 Å². The number of carbonyl (C=O) groups excluding carboxylic acids is 1. The van der Waals surface area contributed by atoms with E-state index in [2.05, 4.69) is 4.98 Å². The number of benzene rings is 1. The van der Waals surface area contributed by atoms with Crippen molar-refractivity contribution in [2.24, 2.45) is 0 Å². The second-order valence-corrected chi connectivity index (χ2v) is 6.61. The third-order valence-electron chi connectivity index (χ3n) is 4.51. The van der Waals surface area contributed by atoms with Crippen molar-refractivity contribution in [1.82, 2.24) is 14.9 Å². The molecule has 12 heteroatoms. The maximum absolute atomic E-state index is 13.1. The zero-order valence-electron chi connectivity index (χ0n) is 16.4. The van der Waals surface area contributed by atoms with Crippen molar-refractivity contribution in [3.63, 3.8) is 0 Å². The molecular formula is C20H16F3N3O6. The Balaban J connectivity index is 2.17. The largest absolute Gasteiger partial charge is 0.506 e. The van der Waals surface area contributed by atoms with Crippen LogP contribution < -0.4 is 15.6 Å². The molecule has 9 nitrogen and oxygen atoms in total. The summed E-state index contributed by atoms with van der Waals surface area (Å²) in [5.74, 6) is -3.13. The van der Waals surface area contributed by atoms with Gasteiger partial charge >= 0.3 is 12.1 Å². The first-order valence-corrected chi connectivity index (χ1v) is 8.99. The molecule has 0 fully saturated rings. The minimum absolute atomic E-state index is 0.0159. The summed E-state index contributed by atoms with van der Waals surface area (Å²) in [5, 5.41) is 21.2. The molecule has 0 radical (unpaired) electrons. The van der Waals surface area contributed by atoms with Gasteiger partial charge in [-0.1, -0.05) is 12.1 Å². The normalized spacial score (nSPS) is 11.4. The molecule has 168 valence electrons. The van der Waals surface area contributed by atoms with E-state index in [0.717, 1.165) is 28.8 Å². The van der Waals surface area contributed by atoms with Crippen LogP contribution in [0.5, 0.6) is 11.6 Å². The summed E-state index contributed by atoms with van der Waals surface area (Å²) in [6, 6.07) is 6.73. The Hall–Kier alpha value is -4.09. The molecule has 0 bridgehead atoms. The summed E-state index contributed by atoms with van der Waals surface area (Å²) in [7, 11) is 1.32. The first kappa shape index (κ1) is 22.6. The van der Waals surface area contributed by atoms with Crippen molar-refractivity contribution in [3.05, 3.63) is 63.4 Å². The fourth-order valence-corrected chi connectivity index (χ4v) is 2.98. The molecule has 2 aromatic heterocycles. The van der Waals surface area contributed by atoms with Crippen LogP contribution in [0, 0.1) is 0 Å². The predicted molar refractivity (Wildman–Crippen MR) is 105 cm³/mol. The number of carbonyl (C=O) groups is 2. The molecule has 0 atom stereocenters. The Kier molecular flexibility index (Phi) is 6.05. The van der Waals surface area contributed by atoms with E-state index in [4.69, 9.17) is 9.84 Å². The van der Waals surface area contributed by atoms with E-state index in [-0.39, 0.29) is 29.0 Å². The minimum Gasteiger partial charge on any atom is -0.506 e. The Labute approximate surface area is 177 Å². The molecule has 0 spiro atoms. The van der Waals surface area contributed by atoms with Gasteiger partial charge in [0, 0.05) is 6.07 Å². The van der Waals surface area contributed by atoms with Crippen LogP contribution in [0.4, 0.5) is 13.2 Å². The molecule has 3 N–H and O–H groups in total. The fourth-order valence-electron chi connectivity index (χ4n) is 2.98. The molecule has 2 heterocycles. The molecule has 0 saturated carbocycles. The summed E-state index contributed by atoms with van der Waals surface area (Å²) in [6.45, 7) is -1.08. The van der Waals surface area contributed by atoms with Gasteiger partial charge in [-0.05, 0) is 23.8 Å². The zero-order chi connectivity index (χ0) is 23.6.